The Balaban J connectivity index is 1.88. The van der Waals surface area contributed by atoms with Crippen LogP contribution in [0, 0.1) is 0 Å². The van der Waals surface area contributed by atoms with Crippen molar-refractivity contribution < 1.29 is 19.4 Å². The van der Waals surface area contributed by atoms with Gasteiger partial charge in [-0.1, -0.05) is 42.5 Å². The van der Waals surface area contributed by atoms with Gasteiger partial charge in [-0.25, -0.2) is 4.79 Å². The number of carbonyl (C=O) groups is 2. The van der Waals surface area contributed by atoms with E-state index < -0.39 is 6.09 Å². The fraction of sp³-hybridized carbons (Fsp3) is 0.125. The van der Waals surface area contributed by atoms with Crippen LogP contribution in [0.4, 0.5) is 4.79 Å². The zero-order chi connectivity index (χ0) is 15.1. The Hall–Kier alpha value is -2.82. The van der Waals surface area contributed by atoms with Gasteiger partial charge in [-0.3, -0.25) is 4.79 Å². The van der Waals surface area contributed by atoms with E-state index in [0.717, 1.165) is 11.1 Å². The van der Waals surface area contributed by atoms with Crippen molar-refractivity contribution >= 4 is 12.1 Å². The molecule has 0 aromatic heterocycles. The van der Waals surface area contributed by atoms with E-state index in [2.05, 4.69) is 5.32 Å². The Kier molecular flexibility index (Phi) is 4.93. The van der Waals surface area contributed by atoms with Gasteiger partial charge in [-0.2, -0.15) is 0 Å². The summed E-state index contributed by atoms with van der Waals surface area (Å²) in [5.74, 6) is 0.104. The highest BCUT2D eigenvalue weighted by Gasteiger charge is 2.06. The van der Waals surface area contributed by atoms with Crippen molar-refractivity contribution in [2.75, 3.05) is 0 Å². The highest BCUT2D eigenvalue weighted by Crippen LogP contribution is 2.13. The average Bonchev–Trinajstić information content (AvgIpc) is 2.47. The van der Waals surface area contributed by atoms with Gasteiger partial charge in [0.05, 0.1) is 6.42 Å². The maximum absolute atomic E-state index is 11.8. The molecule has 0 fully saturated rings. The van der Waals surface area contributed by atoms with Crippen molar-refractivity contribution in [3.8, 4) is 5.75 Å². The van der Waals surface area contributed by atoms with Gasteiger partial charge < -0.3 is 15.2 Å². The van der Waals surface area contributed by atoms with Crippen LogP contribution in [-0.4, -0.2) is 17.2 Å². The number of rotatable bonds is 5. The highest BCUT2D eigenvalue weighted by molar-refractivity contribution is 5.75. The van der Waals surface area contributed by atoms with E-state index in [1.807, 2.05) is 30.3 Å². The van der Waals surface area contributed by atoms with E-state index in [4.69, 9.17) is 9.84 Å². The Morgan fingerprint density at radius 3 is 2.24 bits per heavy atom. The zero-order valence-electron chi connectivity index (χ0n) is 11.3. The SMILES string of the molecule is O=C(O)NCc1ccc(OC(=O)Cc2ccccc2)cc1. The van der Waals surface area contributed by atoms with Crippen molar-refractivity contribution in [2.24, 2.45) is 0 Å². The average molecular weight is 285 g/mol. The highest BCUT2D eigenvalue weighted by atomic mass is 16.5. The third-order valence-corrected chi connectivity index (χ3v) is 2.79. The third kappa shape index (κ3) is 4.99. The smallest absolute Gasteiger partial charge is 0.404 e. The van der Waals surface area contributed by atoms with E-state index in [1.165, 1.54) is 0 Å². The quantitative estimate of drug-likeness (QED) is 0.654. The molecule has 0 aliphatic heterocycles. The third-order valence-electron chi connectivity index (χ3n) is 2.79. The molecular weight excluding hydrogens is 270 g/mol. The van der Waals surface area contributed by atoms with Crippen LogP contribution in [0.15, 0.2) is 54.6 Å². The molecule has 21 heavy (non-hydrogen) atoms. The van der Waals surface area contributed by atoms with E-state index in [0.29, 0.717) is 5.75 Å². The molecule has 2 rings (SSSR count). The minimum atomic E-state index is -1.08. The summed E-state index contributed by atoms with van der Waals surface area (Å²) in [5.41, 5.74) is 1.69. The molecule has 1 amide bonds. The molecule has 0 atom stereocenters. The van der Waals surface area contributed by atoms with Crippen molar-refractivity contribution in [1.29, 1.82) is 0 Å². The predicted octanol–water partition coefficient (Wildman–Crippen LogP) is 2.60. The van der Waals surface area contributed by atoms with E-state index in [1.54, 1.807) is 24.3 Å². The number of esters is 1. The monoisotopic (exact) mass is 285 g/mol. The first-order chi connectivity index (χ1) is 10.1. The molecule has 0 aliphatic rings. The maximum Gasteiger partial charge on any atom is 0.404 e. The van der Waals surface area contributed by atoms with Crippen LogP contribution in [0.5, 0.6) is 5.75 Å². The summed E-state index contributed by atoms with van der Waals surface area (Å²) in [5, 5.41) is 10.8. The standard InChI is InChI=1S/C16H15NO4/c18-15(10-12-4-2-1-3-5-12)21-14-8-6-13(7-9-14)11-17-16(19)20/h1-9,17H,10-11H2,(H,19,20). The lowest BCUT2D eigenvalue weighted by Crippen LogP contribution is -2.19. The number of benzene rings is 2. The van der Waals surface area contributed by atoms with Crippen molar-refractivity contribution in [3.05, 3.63) is 65.7 Å². The number of ether oxygens (including phenoxy) is 1. The Morgan fingerprint density at radius 1 is 0.952 bits per heavy atom. The van der Waals surface area contributed by atoms with Crippen LogP contribution >= 0.6 is 0 Å². The summed E-state index contributed by atoms with van der Waals surface area (Å²) in [7, 11) is 0. The fourth-order valence-corrected chi connectivity index (χ4v) is 1.78. The minimum Gasteiger partial charge on any atom is -0.465 e. The van der Waals surface area contributed by atoms with Gasteiger partial charge in [0.2, 0.25) is 0 Å². The molecule has 2 aromatic carbocycles. The van der Waals surface area contributed by atoms with Gasteiger partial charge in [-0.15, -0.1) is 0 Å². The molecule has 2 N–H and O–H groups in total. The summed E-state index contributed by atoms with van der Waals surface area (Å²) in [6, 6.07) is 16.0. The molecule has 0 aliphatic carbocycles. The second-order valence-electron chi connectivity index (χ2n) is 4.44. The second-order valence-corrected chi connectivity index (χ2v) is 4.44. The van der Waals surface area contributed by atoms with Gasteiger partial charge in [0.15, 0.2) is 0 Å². The largest absolute Gasteiger partial charge is 0.465 e. The van der Waals surface area contributed by atoms with Gasteiger partial charge in [-0.05, 0) is 23.3 Å². The lowest BCUT2D eigenvalue weighted by Gasteiger charge is -2.06. The molecule has 0 saturated carbocycles. The number of hydrogen-bond donors (Lipinski definition) is 2. The first kappa shape index (κ1) is 14.6. The summed E-state index contributed by atoms with van der Waals surface area (Å²) in [6.07, 6.45) is -0.864. The van der Waals surface area contributed by atoms with Crippen molar-refractivity contribution in [2.45, 2.75) is 13.0 Å². The Bertz CT molecular complexity index is 608. The summed E-state index contributed by atoms with van der Waals surface area (Å²) in [6.45, 7) is 0.216. The Morgan fingerprint density at radius 2 is 1.62 bits per heavy atom. The molecule has 0 unspecified atom stereocenters. The molecule has 108 valence electrons. The molecule has 0 heterocycles. The lowest BCUT2D eigenvalue weighted by atomic mass is 10.1. The van der Waals surface area contributed by atoms with Crippen molar-refractivity contribution in [3.63, 3.8) is 0 Å². The molecule has 2 aromatic rings. The molecular formula is C16H15NO4. The number of amides is 1. The number of carboxylic acid groups (broad SMARTS) is 1. The number of nitrogens with one attached hydrogen (secondary N) is 1. The predicted molar refractivity (Wildman–Crippen MR) is 77.1 cm³/mol. The maximum atomic E-state index is 11.8. The van der Waals surface area contributed by atoms with Crippen LogP contribution < -0.4 is 10.1 Å². The molecule has 0 radical (unpaired) electrons. The minimum absolute atomic E-state index is 0.211. The second kappa shape index (κ2) is 7.09. The molecule has 5 nitrogen and oxygen atoms in total. The van der Waals surface area contributed by atoms with E-state index in [9.17, 15) is 9.59 Å². The first-order valence-electron chi connectivity index (χ1n) is 6.44. The van der Waals surface area contributed by atoms with Crippen LogP contribution in [0.1, 0.15) is 11.1 Å². The summed E-state index contributed by atoms with van der Waals surface area (Å²) in [4.78, 5) is 22.1. The van der Waals surface area contributed by atoms with Gasteiger partial charge in [0.25, 0.3) is 0 Å². The van der Waals surface area contributed by atoms with Crippen LogP contribution in [0.25, 0.3) is 0 Å². The van der Waals surface area contributed by atoms with E-state index >= 15 is 0 Å². The molecule has 0 spiro atoms. The summed E-state index contributed by atoms with van der Waals surface area (Å²) < 4.78 is 5.22. The van der Waals surface area contributed by atoms with E-state index in [-0.39, 0.29) is 18.9 Å². The van der Waals surface area contributed by atoms with Crippen LogP contribution in [-0.2, 0) is 17.8 Å². The molecule has 0 saturated heterocycles. The number of hydrogen-bond acceptors (Lipinski definition) is 3. The summed E-state index contributed by atoms with van der Waals surface area (Å²) >= 11 is 0. The normalized spacial score (nSPS) is 9.90. The molecule has 0 bridgehead atoms. The zero-order valence-corrected chi connectivity index (χ0v) is 11.3. The molecule has 5 heteroatoms. The van der Waals surface area contributed by atoms with Crippen molar-refractivity contribution in [1.82, 2.24) is 5.32 Å². The first-order valence-corrected chi connectivity index (χ1v) is 6.44. The van der Waals surface area contributed by atoms with Gasteiger partial charge in [0, 0.05) is 6.54 Å². The lowest BCUT2D eigenvalue weighted by molar-refractivity contribution is -0.133. The van der Waals surface area contributed by atoms with Gasteiger partial charge in [0.1, 0.15) is 5.75 Å². The van der Waals surface area contributed by atoms with Crippen LogP contribution in [0.2, 0.25) is 0 Å². The van der Waals surface area contributed by atoms with Gasteiger partial charge >= 0.3 is 12.1 Å². The van der Waals surface area contributed by atoms with Crippen LogP contribution in [0.3, 0.4) is 0 Å². The number of carbonyl (C=O) groups excluding carboxylic acids is 1. The Labute approximate surface area is 122 Å². The fourth-order valence-electron chi connectivity index (χ4n) is 1.78. The topological polar surface area (TPSA) is 75.6 Å².